The molecule has 0 unspecified atom stereocenters. The lowest BCUT2D eigenvalue weighted by Gasteiger charge is -2.13. The van der Waals surface area contributed by atoms with E-state index in [-0.39, 0.29) is 0 Å². The highest BCUT2D eigenvalue weighted by Gasteiger charge is 2.05. The van der Waals surface area contributed by atoms with E-state index in [1.807, 2.05) is 50.4 Å². The van der Waals surface area contributed by atoms with Crippen LogP contribution in [0, 0.1) is 0 Å². The Balaban J connectivity index is 2.06. The van der Waals surface area contributed by atoms with Crippen molar-refractivity contribution in [3.8, 4) is 11.5 Å². The summed E-state index contributed by atoms with van der Waals surface area (Å²) < 4.78 is 11.1. The second-order valence-electron chi connectivity index (χ2n) is 4.24. The second-order valence-corrected chi connectivity index (χ2v) is 4.24. The zero-order chi connectivity index (χ0) is 14.2. The van der Waals surface area contributed by atoms with Crippen LogP contribution in [-0.4, -0.2) is 18.2 Å². The summed E-state index contributed by atoms with van der Waals surface area (Å²) in [6.07, 6.45) is 3.62. The quantitative estimate of drug-likeness (QED) is 0.838. The fourth-order valence-electron chi connectivity index (χ4n) is 1.87. The third-order valence-corrected chi connectivity index (χ3v) is 2.76. The third kappa shape index (κ3) is 3.88. The van der Waals surface area contributed by atoms with Crippen molar-refractivity contribution in [2.24, 2.45) is 0 Å². The Morgan fingerprint density at radius 2 is 1.85 bits per heavy atom. The number of nitrogens with one attached hydrogen (secondary N) is 1. The standard InChI is InChI=1S/C16H20N2O2/c1-3-19-15-8-7-14(10-16(15)20-4-2)18-12-13-6-5-9-17-11-13/h5-11,18H,3-4,12H2,1-2H3. The predicted octanol–water partition coefficient (Wildman–Crippen LogP) is 3.49. The molecular formula is C16H20N2O2. The molecule has 1 heterocycles. The molecule has 0 amide bonds. The molecule has 0 aliphatic rings. The topological polar surface area (TPSA) is 43.4 Å². The van der Waals surface area contributed by atoms with Crippen LogP contribution in [0.4, 0.5) is 5.69 Å². The maximum absolute atomic E-state index is 5.60. The molecule has 1 aromatic heterocycles. The first-order valence-electron chi connectivity index (χ1n) is 6.86. The van der Waals surface area contributed by atoms with Crippen molar-refractivity contribution < 1.29 is 9.47 Å². The molecule has 0 atom stereocenters. The van der Waals surface area contributed by atoms with E-state index in [1.54, 1.807) is 6.20 Å². The fourth-order valence-corrected chi connectivity index (χ4v) is 1.87. The number of ether oxygens (including phenoxy) is 2. The predicted molar refractivity (Wildman–Crippen MR) is 80.3 cm³/mol. The molecule has 0 aliphatic carbocycles. The monoisotopic (exact) mass is 272 g/mol. The number of aromatic nitrogens is 1. The molecule has 0 bridgehead atoms. The molecule has 0 aliphatic heterocycles. The van der Waals surface area contributed by atoms with Gasteiger partial charge >= 0.3 is 0 Å². The summed E-state index contributed by atoms with van der Waals surface area (Å²) >= 11 is 0. The van der Waals surface area contributed by atoms with E-state index in [9.17, 15) is 0 Å². The number of anilines is 1. The number of rotatable bonds is 7. The van der Waals surface area contributed by atoms with Crippen LogP contribution in [0.15, 0.2) is 42.7 Å². The Labute approximate surface area is 119 Å². The van der Waals surface area contributed by atoms with Crippen molar-refractivity contribution in [3.63, 3.8) is 0 Å². The summed E-state index contributed by atoms with van der Waals surface area (Å²) in [6.45, 7) is 5.90. The second kappa shape index (κ2) is 7.38. The zero-order valence-electron chi connectivity index (χ0n) is 11.9. The molecule has 0 radical (unpaired) electrons. The summed E-state index contributed by atoms with van der Waals surface area (Å²) in [5, 5.41) is 3.35. The maximum Gasteiger partial charge on any atom is 0.163 e. The van der Waals surface area contributed by atoms with Gasteiger partial charge in [0.05, 0.1) is 13.2 Å². The molecule has 0 fully saturated rings. The van der Waals surface area contributed by atoms with Gasteiger partial charge in [-0.1, -0.05) is 6.07 Å². The minimum Gasteiger partial charge on any atom is -0.490 e. The molecule has 0 saturated heterocycles. The van der Waals surface area contributed by atoms with E-state index in [2.05, 4.69) is 10.3 Å². The summed E-state index contributed by atoms with van der Waals surface area (Å²) in [4.78, 5) is 4.10. The summed E-state index contributed by atoms with van der Waals surface area (Å²) in [5.74, 6) is 1.55. The van der Waals surface area contributed by atoms with E-state index in [4.69, 9.17) is 9.47 Å². The van der Waals surface area contributed by atoms with Gasteiger partial charge in [-0.15, -0.1) is 0 Å². The minimum absolute atomic E-state index is 0.617. The first-order chi connectivity index (χ1) is 9.83. The third-order valence-electron chi connectivity index (χ3n) is 2.76. The van der Waals surface area contributed by atoms with Crippen LogP contribution < -0.4 is 14.8 Å². The summed E-state index contributed by atoms with van der Waals surface area (Å²) in [5.41, 5.74) is 2.14. The average Bonchev–Trinajstić information content (AvgIpc) is 2.49. The van der Waals surface area contributed by atoms with Crippen LogP contribution in [0.5, 0.6) is 11.5 Å². The van der Waals surface area contributed by atoms with Crippen molar-refractivity contribution in [2.75, 3.05) is 18.5 Å². The molecule has 0 saturated carbocycles. The lowest BCUT2D eigenvalue weighted by Crippen LogP contribution is -2.02. The highest BCUT2D eigenvalue weighted by atomic mass is 16.5. The molecule has 4 nitrogen and oxygen atoms in total. The van der Waals surface area contributed by atoms with Gasteiger partial charge in [0.2, 0.25) is 0 Å². The van der Waals surface area contributed by atoms with Gasteiger partial charge in [-0.25, -0.2) is 0 Å². The van der Waals surface area contributed by atoms with Crippen molar-refractivity contribution >= 4 is 5.69 Å². The van der Waals surface area contributed by atoms with E-state index in [0.717, 1.165) is 29.3 Å². The van der Waals surface area contributed by atoms with Crippen molar-refractivity contribution in [1.82, 2.24) is 4.98 Å². The van der Waals surface area contributed by atoms with Gasteiger partial charge in [0.15, 0.2) is 11.5 Å². The van der Waals surface area contributed by atoms with Crippen LogP contribution in [0.1, 0.15) is 19.4 Å². The number of nitrogens with zero attached hydrogens (tertiary/aromatic N) is 1. The first kappa shape index (κ1) is 14.2. The van der Waals surface area contributed by atoms with Gasteiger partial charge in [0.1, 0.15) is 0 Å². The number of pyridine rings is 1. The lowest BCUT2D eigenvalue weighted by atomic mass is 10.2. The van der Waals surface area contributed by atoms with Gasteiger partial charge < -0.3 is 14.8 Å². The van der Waals surface area contributed by atoms with Gasteiger partial charge in [-0.3, -0.25) is 4.98 Å². The van der Waals surface area contributed by atoms with Crippen LogP contribution in [0.3, 0.4) is 0 Å². The largest absolute Gasteiger partial charge is 0.490 e. The molecule has 2 aromatic rings. The molecule has 4 heteroatoms. The van der Waals surface area contributed by atoms with Crippen LogP contribution in [-0.2, 0) is 6.54 Å². The number of hydrogen-bond acceptors (Lipinski definition) is 4. The van der Waals surface area contributed by atoms with Gasteiger partial charge in [-0.05, 0) is 37.6 Å². The van der Waals surface area contributed by atoms with Crippen molar-refractivity contribution in [1.29, 1.82) is 0 Å². The van der Waals surface area contributed by atoms with E-state index in [0.29, 0.717) is 13.2 Å². The average molecular weight is 272 g/mol. The highest BCUT2D eigenvalue weighted by Crippen LogP contribution is 2.30. The SMILES string of the molecule is CCOc1ccc(NCc2cccnc2)cc1OCC. The Hall–Kier alpha value is -2.23. The van der Waals surface area contributed by atoms with Gasteiger partial charge in [0, 0.05) is 30.7 Å². The molecule has 20 heavy (non-hydrogen) atoms. The Morgan fingerprint density at radius 1 is 1.05 bits per heavy atom. The normalized spacial score (nSPS) is 10.1. The van der Waals surface area contributed by atoms with Crippen molar-refractivity contribution in [2.45, 2.75) is 20.4 Å². The maximum atomic E-state index is 5.60. The molecule has 1 aromatic carbocycles. The molecule has 0 spiro atoms. The van der Waals surface area contributed by atoms with Gasteiger partial charge in [-0.2, -0.15) is 0 Å². The smallest absolute Gasteiger partial charge is 0.163 e. The summed E-state index contributed by atoms with van der Waals surface area (Å²) in [7, 11) is 0. The molecule has 106 valence electrons. The van der Waals surface area contributed by atoms with Crippen LogP contribution in [0.25, 0.3) is 0 Å². The zero-order valence-corrected chi connectivity index (χ0v) is 11.9. The van der Waals surface area contributed by atoms with E-state index in [1.165, 1.54) is 0 Å². The highest BCUT2D eigenvalue weighted by molar-refractivity contribution is 5.55. The number of hydrogen-bond donors (Lipinski definition) is 1. The van der Waals surface area contributed by atoms with Gasteiger partial charge in [0.25, 0.3) is 0 Å². The fraction of sp³-hybridized carbons (Fsp3) is 0.312. The minimum atomic E-state index is 0.617. The lowest BCUT2D eigenvalue weighted by molar-refractivity contribution is 0.288. The first-order valence-corrected chi connectivity index (χ1v) is 6.86. The molecule has 1 N–H and O–H groups in total. The summed E-state index contributed by atoms with van der Waals surface area (Å²) in [6, 6.07) is 9.85. The van der Waals surface area contributed by atoms with Crippen LogP contribution in [0.2, 0.25) is 0 Å². The van der Waals surface area contributed by atoms with E-state index < -0.39 is 0 Å². The number of benzene rings is 1. The van der Waals surface area contributed by atoms with E-state index >= 15 is 0 Å². The van der Waals surface area contributed by atoms with Crippen LogP contribution >= 0.6 is 0 Å². The molecular weight excluding hydrogens is 252 g/mol. The molecule has 2 rings (SSSR count). The van der Waals surface area contributed by atoms with Crippen molar-refractivity contribution in [3.05, 3.63) is 48.3 Å². The Morgan fingerprint density at radius 3 is 2.55 bits per heavy atom. The Bertz CT molecular complexity index is 529. The Kier molecular flexibility index (Phi) is 5.24.